The predicted octanol–water partition coefficient (Wildman–Crippen LogP) is 4.82. The Bertz CT molecular complexity index is 1310. The maximum atomic E-state index is 16.2. The topological polar surface area (TPSA) is 125 Å². The van der Waals surface area contributed by atoms with Crippen molar-refractivity contribution in [3.63, 3.8) is 0 Å². The van der Waals surface area contributed by atoms with E-state index in [-0.39, 0.29) is 25.2 Å². The van der Waals surface area contributed by atoms with Gasteiger partial charge < -0.3 is 37.9 Å². The highest BCUT2D eigenvalue weighted by molar-refractivity contribution is 5.67. The molecule has 2 fully saturated rings. The van der Waals surface area contributed by atoms with Crippen LogP contribution in [0.5, 0.6) is 0 Å². The third kappa shape index (κ3) is 9.57. The molecule has 2 saturated heterocycles. The van der Waals surface area contributed by atoms with Crippen LogP contribution >= 0.6 is 0 Å². The Balaban J connectivity index is 1.70. The summed E-state index contributed by atoms with van der Waals surface area (Å²) in [5.41, 5.74) is 1.85. The molecule has 0 N–H and O–H groups in total. The van der Waals surface area contributed by atoms with Gasteiger partial charge in [0.25, 0.3) is 0 Å². The highest BCUT2D eigenvalue weighted by atomic mass is 19.1. The van der Waals surface area contributed by atoms with E-state index in [0.717, 1.165) is 25.0 Å². The number of carbonyl (C=O) groups is 3. The second kappa shape index (κ2) is 16.6. The monoisotopic (exact) mass is 660 g/mol. The zero-order valence-electron chi connectivity index (χ0n) is 27.7. The first-order valence-corrected chi connectivity index (χ1v) is 15.9. The average molecular weight is 661 g/mol. The van der Waals surface area contributed by atoms with Crippen LogP contribution in [0.3, 0.4) is 0 Å². The number of halogens is 1. The smallest absolute Gasteiger partial charge is 0.303 e. The minimum absolute atomic E-state index is 0.156. The molecule has 258 valence electrons. The summed E-state index contributed by atoms with van der Waals surface area (Å²) < 4.78 is 64.2. The number of benzene rings is 2. The summed E-state index contributed by atoms with van der Waals surface area (Å²) in [7, 11) is 0. The molecule has 2 aliphatic heterocycles. The second-order valence-electron chi connectivity index (χ2n) is 12.0. The van der Waals surface area contributed by atoms with E-state index in [4.69, 9.17) is 37.9 Å². The number of alkyl halides is 1. The number of hydrogen-bond acceptors (Lipinski definition) is 11. The van der Waals surface area contributed by atoms with Crippen LogP contribution in [0.4, 0.5) is 4.39 Å². The molecule has 10 atom stereocenters. The first kappa shape index (κ1) is 36.4. The summed E-state index contributed by atoms with van der Waals surface area (Å²) in [6, 6.07) is 19.2. The Morgan fingerprint density at radius 3 is 1.87 bits per heavy atom. The number of ether oxygens (including phenoxy) is 8. The Labute approximate surface area is 274 Å². The summed E-state index contributed by atoms with van der Waals surface area (Å²) in [5.74, 6) is -4.06. The van der Waals surface area contributed by atoms with Gasteiger partial charge in [0.2, 0.25) is 6.29 Å². The van der Waals surface area contributed by atoms with Gasteiger partial charge in [-0.25, -0.2) is 4.39 Å². The van der Waals surface area contributed by atoms with Crippen LogP contribution in [0.15, 0.2) is 60.7 Å². The number of hydrogen-bond donors (Lipinski definition) is 0. The molecule has 0 saturated carbocycles. The molecular weight excluding hydrogens is 615 g/mol. The molecule has 2 aromatic rings. The molecule has 0 aromatic heterocycles. The summed E-state index contributed by atoms with van der Waals surface area (Å²) in [4.78, 5) is 35.8. The molecule has 12 heteroatoms. The molecule has 0 aliphatic carbocycles. The van der Waals surface area contributed by atoms with Gasteiger partial charge in [0.15, 0.2) is 24.2 Å². The number of esters is 3. The van der Waals surface area contributed by atoms with Crippen LogP contribution in [-0.4, -0.2) is 79.4 Å². The molecule has 2 heterocycles. The van der Waals surface area contributed by atoms with E-state index in [9.17, 15) is 14.4 Å². The van der Waals surface area contributed by atoms with Gasteiger partial charge in [-0.3, -0.25) is 14.4 Å². The molecule has 0 radical (unpaired) electrons. The summed E-state index contributed by atoms with van der Waals surface area (Å²) in [6.45, 7) is 9.03. The van der Waals surface area contributed by atoms with Gasteiger partial charge in [-0.05, 0) is 24.5 Å². The average Bonchev–Trinajstić information content (AvgIpc) is 3.03. The Hall–Kier alpha value is -3.42. The van der Waals surface area contributed by atoms with E-state index in [0.29, 0.717) is 6.42 Å². The van der Waals surface area contributed by atoms with E-state index < -0.39 is 73.3 Å². The van der Waals surface area contributed by atoms with Crippen molar-refractivity contribution in [2.24, 2.45) is 5.92 Å². The third-order valence-corrected chi connectivity index (χ3v) is 8.24. The normalized spacial score (nSPS) is 32.3. The standard InChI is InChI=1S/C35H45FO11/c1-7-27-21(2)30(41-18-25-14-10-8-11-15-25)33(42-19-26-16-12-9-13-17-26)35(6,46-27)47-34-32(44-24(5)39)29(36)31(43-23(4)38)28(45-34)20-40-22(3)37/h8-17,21,27-34H,7,18-20H2,1-6H3/t21-,27?,28?,29?,30+,31-,32?,33?,34+,35-/m1/s1. The molecule has 4 rings (SSSR count). The maximum Gasteiger partial charge on any atom is 0.303 e. The van der Waals surface area contributed by atoms with E-state index >= 15 is 4.39 Å². The van der Waals surface area contributed by atoms with Gasteiger partial charge in [0.05, 0.1) is 25.4 Å². The van der Waals surface area contributed by atoms with Crippen LogP contribution in [0, 0.1) is 5.92 Å². The van der Waals surface area contributed by atoms with Gasteiger partial charge in [-0.1, -0.05) is 74.5 Å². The number of rotatable bonds is 13. The summed E-state index contributed by atoms with van der Waals surface area (Å²) in [5, 5.41) is 0. The maximum absolute atomic E-state index is 16.2. The lowest BCUT2D eigenvalue weighted by atomic mass is 9.85. The molecule has 0 bridgehead atoms. The van der Waals surface area contributed by atoms with E-state index in [1.807, 2.05) is 74.5 Å². The molecule has 2 aromatic carbocycles. The van der Waals surface area contributed by atoms with Crippen molar-refractivity contribution in [1.82, 2.24) is 0 Å². The molecule has 2 aliphatic rings. The highest BCUT2D eigenvalue weighted by Gasteiger charge is 2.58. The molecule has 5 unspecified atom stereocenters. The van der Waals surface area contributed by atoms with Crippen LogP contribution < -0.4 is 0 Å². The molecule has 47 heavy (non-hydrogen) atoms. The number of carbonyl (C=O) groups excluding carboxylic acids is 3. The van der Waals surface area contributed by atoms with Crippen molar-refractivity contribution in [2.75, 3.05) is 6.61 Å². The van der Waals surface area contributed by atoms with Crippen LogP contribution in [0.1, 0.15) is 59.1 Å². The molecule has 0 amide bonds. The van der Waals surface area contributed by atoms with E-state index in [1.165, 1.54) is 6.92 Å². The van der Waals surface area contributed by atoms with E-state index in [1.54, 1.807) is 6.92 Å². The van der Waals surface area contributed by atoms with Crippen LogP contribution in [0.2, 0.25) is 0 Å². The molecule has 11 nitrogen and oxygen atoms in total. The highest BCUT2D eigenvalue weighted by Crippen LogP contribution is 2.42. The summed E-state index contributed by atoms with van der Waals surface area (Å²) in [6.07, 6.45) is -9.47. The molecular formula is C35H45FO11. The third-order valence-electron chi connectivity index (χ3n) is 8.24. The van der Waals surface area contributed by atoms with E-state index in [2.05, 4.69) is 0 Å². The second-order valence-corrected chi connectivity index (χ2v) is 12.0. The fraction of sp³-hybridized carbons (Fsp3) is 0.571. The van der Waals surface area contributed by atoms with Crippen molar-refractivity contribution in [2.45, 2.75) is 116 Å². The van der Waals surface area contributed by atoms with Gasteiger partial charge in [0, 0.05) is 26.7 Å². The lowest BCUT2D eigenvalue weighted by Gasteiger charge is -2.53. The zero-order chi connectivity index (χ0) is 34.1. The Kier molecular flexibility index (Phi) is 12.9. The van der Waals surface area contributed by atoms with Crippen LogP contribution in [0.25, 0.3) is 0 Å². The van der Waals surface area contributed by atoms with Gasteiger partial charge in [0.1, 0.15) is 18.8 Å². The first-order valence-electron chi connectivity index (χ1n) is 15.9. The van der Waals surface area contributed by atoms with Gasteiger partial charge >= 0.3 is 17.9 Å². The van der Waals surface area contributed by atoms with Crippen molar-refractivity contribution in [3.05, 3.63) is 71.8 Å². The van der Waals surface area contributed by atoms with Gasteiger partial charge in [-0.15, -0.1) is 0 Å². The summed E-state index contributed by atoms with van der Waals surface area (Å²) >= 11 is 0. The minimum atomic E-state index is -2.11. The lowest BCUT2D eigenvalue weighted by Crippen LogP contribution is -2.67. The molecule has 0 spiro atoms. The quantitative estimate of drug-likeness (QED) is 0.217. The largest absolute Gasteiger partial charge is 0.463 e. The van der Waals surface area contributed by atoms with Crippen molar-refractivity contribution < 1.29 is 56.7 Å². The SMILES string of the molecule is CCC1O[C@](C)(O[C@@H]2OC(COC(C)=O)[C@@H](OC(C)=O)C(F)C2OC(C)=O)C(OCc2ccccc2)[C@@H](OCc2ccccc2)[C@@H]1C. The van der Waals surface area contributed by atoms with Gasteiger partial charge in [-0.2, -0.15) is 0 Å². The Morgan fingerprint density at radius 1 is 0.787 bits per heavy atom. The van der Waals surface area contributed by atoms with Crippen molar-refractivity contribution in [1.29, 1.82) is 0 Å². The van der Waals surface area contributed by atoms with Crippen LogP contribution in [-0.2, 0) is 65.5 Å². The van der Waals surface area contributed by atoms with Crippen molar-refractivity contribution in [3.8, 4) is 0 Å². The lowest BCUT2D eigenvalue weighted by molar-refractivity contribution is -0.416. The fourth-order valence-electron chi connectivity index (χ4n) is 6.00. The Morgan fingerprint density at radius 2 is 1.34 bits per heavy atom. The zero-order valence-corrected chi connectivity index (χ0v) is 27.7. The van der Waals surface area contributed by atoms with Crippen molar-refractivity contribution >= 4 is 17.9 Å². The fourth-order valence-corrected chi connectivity index (χ4v) is 6.00. The first-order chi connectivity index (χ1) is 22.4. The predicted molar refractivity (Wildman–Crippen MR) is 165 cm³/mol. The minimum Gasteiger partial charge on any atom is -0.463 e.